The summed E-state index contributed by atoms with van der Waals surface area (Å²) in [6.07, 6.45) is 3.47. The van der Waals surface area contributed by atoms with Gasteiger partial charge in [-0.3, -0.25) is 14.6 Å². The van der Waals surface area contributed by atoms with Crippen molar-refractivity contribution in [3.05, 3.63) is 46.8 Å². The fourth-order valence-corrected chi connectivity index (χ4v) is 4.24. The zero-order chi connectivity index (χ0) is 21.5. The smallest absolute Gasteiger partial charge is 0.191 e. The van der Waals surface area contributed by atoms with Crippen LogP contribution in [0.5, 0.6) is 5.75 Å². The number of rotatable bonds is 8. The third-order valence-corrected chi connectivity index (χ3v) is 6.09. The summed E-state index contributed by atoms with van der Waals surface area (Å²) in [5.74, 6) is 1.73. The lowest BCUT2D eigenvalue weighted by Crippen LogP contribution is -2.43. The van der Waals surface area contributed by atoms with Crippen LogP contribution in [0.4, 0.5) is 0 Å². The molecule has 1 fully saturated rings. The number of likely N-dealkylation sites (tertiary alicyclic amines) is 1. The minimum atomic E-state index is 0. The molecule has 2 heterocycles. The van der Waals surface area contributed by atoms with Gasteiger partial charge in [0.1, 0.15) is 5.75 Å². The fraction of sp³-hybridized carbons (Fsp3) is 0.565. The van der Waals surface area contributed by atoms with Gasteiger partial charge in [-0.05, 0) is 69.5 Å². The zero-order valence-corrected chi connectivity index (χ0v) is 21.8. The fourth-order valence-electron chi connectivity index (χ4n) is 4.24. The van der Waals surface area contributed by atoms with E-state index in [2.05, 4.69) is 51.6 Å². The Morgan fingerprint density at radius 1 is 1.16 bits per heavy atom. The number of nitrogens with zero attached hydrogens (tertiary/aromatic N) is 4. The minimum absolute atomic E-state index is 0. The molecule has 1 aliphatic rings. The number of methoxy groups -OCH3 is 1. The summed E-state index contributed by atoms with van der Waals surface area (Å²) in [6.45, 7) is 8.12. The van der Waals surface area contributed by atoms with Gasteiger partial charge in [0.2, 0.25) is 0 Å². The molecule has 3 rings (SSSR count). The number of aliphatic imine (C=N–C) groups is 1. The minimum Gasteiger partial charge on any atom is -0.497 e. The van der Waals surface area contributed by atoms with E-state index in [4.69, 9.17) is 4.74 Å². The maximum Gasteiger partial charge on any atom is 0.191 e. The molecule has 0 aliphatic carbocycles. The summed E-state index contributed by atoms with van der Waals surface area (Å²) in [7, 11) is 5.53. The lowest BCUT2D eigenvalue weighted by molar-refractivity contribution is 0.245. The van der Waals surface area contributed by atoms with Crippen molar-refractivity contribution in [1.82, 2.24) is 25.3 Å². The van der Waals surface area contributed by atoms with Gasteiger partial charge in [0.25, 0.3) is 0 Å². The van der Waals surface area contributed by atoms with Crippen molar-refractivity contribution in [3.63, 3.8) is 0 Å². The largest absolute Gasteiger partial charge is 0.497 e. The second-order valence-electron chi connectivity index (χ2n) is 7.93. The number of hydrogen-bond donors (Lipinski definition) is 2. The highest BCUT2D eigenvalue weighted by atomic mass is 127. The van der Waals surface area contributed by atoms with E-state index in [0.29, 0.717) is 6.04 Å². The van der Waals surface area contributed by atoms with Crippen molar-refractivity contribution in [1.29, 1.82) is 0 Å². The molecule has 172 valence electrons. The molecule has 8 heteroatoms. The molecule has 0 radical (unpaired) electrons. The summed E-state index contributed by atoms with van der Waals surface area (Å²) in [5.41, 5.74) is 4.95. The Labute approximate surface area is 203 Å². The first-order valence-electron chi connectivity index (χ1n) is 10.8. The van der Waals surface area contributed by atoms with Crippen LogP contribution >= 0.6 is 24.0 Å². The van der Waals surface area contributed by atoms with E-state index < -0.39 is 0 Å². The Balaban J connectivity index is 0.00000341. The van der Waals surface area contributed by atoms with Crippen LogP contribution in [-0.4, -0.2) is 61.0 Å². The van der Waals surface area contributed by atoms with Gasteiger partial charge in [-0.15, -0.1) is 24.0 Å². The lowest BCUT2D eigenvalue weighted by atomic mass is 10.1. The molecule has 1 unspecified atom stereocenters. The number of aromatic nitrogens is 2. The SMILES string of the molecule is CN=C(NCCc1c(C)nn(C)c1C)NCC(c1ccc(OC)cc1)N1CCCC1.I. The summed E-state index contributed by atoms with van der Waals surface area (Å²) in [4.78, 5) is 6.98. The van der Waals surface area contributed by atoms with Crippen molar-refractivity contribution >= 4 is 29.9 Å². The summed E-state index contributed by atoms with van der Waals surface area (Å²) in [5, 5.41) is 11.5. The predicted molar refractivity (Wildman–Crippen MR) is 138 cm³/mol. The monoisotopic (exact) mass is 540 g/mol. The van der Waals surface area contributed by atoms with E-state index in [-0.39, 0.29) is 24.0 Å². The first kappa shape index (κ1) is 25.5. The molecule has 1 aliphatic heterocycles. The molecule has 0 amide bonds. The molecule has 2 N–H and O–H groups in total. The lowest BCUT2D eigenvalue weighted by Gasteiger charge is -2.29. The van der Waals surface area contributed by atoms with Gasteiger partial charge in [-0.1, -0.05) is 12.1 Å². The maximum absolute atomic E-state index is 5.32. The Hall–Kier alpha value is -1.81. The van der Waals surface area contributed by atoms with Gasteiger partial charge in [-0.2, -0.15) is 5.10 Å². The molecule has 31 heavy (non-hydrogen) atoms. The molecule has 0 bridgehead atoms. The van der Waals surface area contributed by atoms with Crippen molar-refractivity contribution in [2.45, 2.75) is 39.2 Å². The van der Waals surface area contributed by atoms with Crippen molar-refractivity contribution in [2.75, 3.05) is 40.3 Å². The summed E-state index contributed by atoms with van der Waals surface area (Å²) < 4.78 is 7.28. The number of hydrogen-bond acceptors (Lipinski definition) is 4. The zero-order valence-electron chi connectivity index (χ0n) is 19.4. The van der Waals surface area contributed by atoms with E-state index in [1.54, 1.807) is 7.11 Å². The van der Waals surface area contributed by atoms with E-state index >= 15 is 0 Å². The predicted octanol–water partition coefficient (Wildman–Crippen LogP) is 3.21. The summed E-state index contributed by atoms with van der Waals surface area (Å²) in [6, 6.07) is 8.76. The Morgan fingerprint density at radius 2 is 1.84 bits per heavy atom. The van der Waals surface area contributed by atoms with Crippen LogP contribution < -0.4 is 15.4 Å². The van der Waals surface area contributed by atoms with Crippen LogP contribution in [0.15, 0.2) is 29.3 Å². The molecule has 1 aromatic heterocycles. The van der Waals surface area contributed by atoms with Crippen LogP contribution in [0.3, 0.4) is 0 Å². The molecule has 0 spiro atoms. The molecule has 1 aromatic carbocycles. The highest BCUT2D eigenvalue weighted by molar-refractivity contribution is 14.0. The molecular formula is C23H37IN6O. The Kier molecular flexibility index (Phi) is 10.1. The van der Waals surface area contributed by atoms with Gasteiger partial charge in [0, 0.05) is 32.9 Å². The molecule has 7 nitrogen and oxygen atoms in total. The standard InChI is InChI=1S/C23H36N6O.HI/c1-17-21(18(2)28(4)27-17)12-13-25-23(24-3)26-16-22(29-14-6-7-15-29)19-8-10-20(30-5)11-9-19;/h8-11,22H,6-7,12-16H2,1-5H3,(H2,24,25,26);1H. The van der Waals surface area contributed by atoms with Crippen LogP contribution in [0.1, 0.15) is 41.4 Å². The third-order valence-electron chi connectivity index (χ3n) is 6.09. The number of halogens is 1. The van der Waals surface area contributed by atoms with Crippen LogP contribution in [0.25, 0.3) is 0 Å². The van der Waals surface area contributed by atoms with Gasteiger partial charge < -0.3 is 15.4 Å². The topological polar surface area (TPSA) is 66.7 Å². The molecule has 2 aromatic rings. The van der Waals surface area contributed by atoms with E-state index in [0.717, 1.165) is 50.0 Å². The second kappa shape index (κ2) is 12.3. The van der Waals surface area contributed by atoms with Gasteiger partial charge >= 0.3 is 0 Å². The second-order valence-corrected chi connectivity index (χ2v) is 7.93. The number of nitrogens with one attached hydrogen (secondary N) is 2. The normalized spacial score (nSPS) is 15.5. The van der Waals surface area contributed by atoms with E-state index in [1.165, 1.54) is 29.7 Å². The highest BCUT2D eigenvalue weighted by Crippen LogP contribution is 2.26. The van der Waals surface area contributed by atoms with E-state index in [1.807, 2.05) is 30.9 Å². The first-order valence-corrected chi connectivity index (χ1v) is 10.8. The van der Waals surface area contributed by atoms with E-state index in [9.17, 15) is 0 Å². The molecular weight excluding hydrogens is 503 g/mol. The van der Waals surface area contributed by atoms with Crippen molar-refractivity contribution in [2.24, 2.45) is 12.0 Å². The molecule has 0 saturated carbocycles. The van der Waals surface area contributed by atoms with Crippen LogP contribution in [0.2, 0.25) is 0 Å². The number of guanidine groups is 1. The maximum atomic E-state index is 5.32. The van der Waals surface area contributed by atoms with Crippen LogP contribution in [0, 0.1) is 13.8 Å². The molecule has 1 saturated heterocycles. The highest BCUT2D eigenvalue weighted by Gasteiger charge is 2.23. The van der Waals surface area contributed by atoms with Gasteiger partial charge in [0.05, 0.1) is 18.8 Å². The average Bonchev–Trinajstić information content (AvgIpc) is 3.37. The van der Waals surface area contributed by atoms with Gasteiger partial charge in [-0.25, -0.2) is 0 Å². The van der Waals surface area contributed by atoms with Crippen LogP contribution in [-0.2, 0) is 13.5 Å². The first-order chi connectivity index (χ1) is 14.5. The van der Waals surface area contributed by atoms with Crippen molar-refractivity contribution < 1.29 is 4.74 Å². The average molecular weight is 540 g/mol. The molecule has 1 atom stereocenters. The third kappa shape index (κ3) is 6.58. The Bertz CT molecular complexity index is 842. The number of benzene rings is 1. The van der Waals surface area contributed by atoms with Crippen molar-refractivity contribution in [3.8, 4) is 5.75 Å². The number of ether oxygens (including phenoxy) is 1. The van der Waals surface area contributed by atoms with Gasteiger partial charge in [0.15, 0.2) is 5.96 Å². The summed E-state index contributed by atoms with van der Waals surface area (Å²) >= 11 is 0. The number of aryl methyl sites for hydroxylation is 2. The quantitative estimate of drug-likeness (QED) is 0.306. The Morgan fingerprint density at radius 3 is 2.39 bits per heavy atom.